The van der Waals surface area contributed by atoms with Gasteiger partial charge in [-0.3, -0.25) is 14.5 Å². The van der Waals surface area contributed by atoms with Crippen molar-refractivity contribution >= 4 is 23.4 Å². The van der Waals surface area contributed by atoms with Crippen LogP contribution in [0.3, 0.4) is 0 Å². The van der Waals surface area contributed by atoms with Gasteiger partial charge in [0.05, 0.1) is 6.04 Å². The van der Waals surface area contributed by atoms with Crippen LogP contribution in [0, 0.1) is 6.92 Å². The summed E-state index contributed by atoms with van der Waals surface area (Å²) in [5.74, 6) is -0.405. The summed E-state index contributed by atoms with van der Waals surface area (Å²) in [6.07, 6.45) is 3.57. The molecule has 0 spiro atoms. The molecule has 0 radical (unpaired) electrons. The molecular formula is C30H32ClN3O2. The lowest BCUT2D eigenvalue weighted by Gasteiger charge is -2.31. The second-order valence-electron chi connectivity index (χ2n) is 9.12. The summed E-state index contributed by atoms with van der Waals surface area (Å²) in [7, 11) is 0. The first-order valence-electron chi connectivity index (χ1n) is 12.3. The summed E-state index contributed by atoms with van der Waals surface area (Å²) < 4.78 is 0. The molecule has 2 amide bonds. The molecule has 0 aliphatic carbocycles. The summed E-state index contributed by atoms with van der Waals surface area (Å²) in [4.78, 5) is 29.3. The van der Waals surface area contributed by atoms with Gasteiger partial charge in [0.15, 0.2) is 0 Å². The number of benzene rings is 3. The van der Waals surface area contributed by atoms with Crippen molar-refractivity contribution in [2.45, 2.75) is 25.9 Å². The van der Waals surface area contributed by atoms with Crippen LogP contribution in [0.4, 0.5) is 0 Å². The van der Waals surface area contributed by atoms with Gasteiger partial charge < -0.3 is 10.2 Å². The molecule has 4 rings (SSSR count). The SMILES string of the molecule is Cc1ccc(CNC(=O)/C=C\C(=O)N2CCCN(C(c3ccccc3)c3ccc(Cl)cc3)CC2)cc1. The van der Waals surface area contributed by atoms with E-state index in [9.17, 15) is 9.59 Å². The van der Waals surface area contributed by atoms with Crippen LogP contribution in [0.2, 0.25) is 5.02 Å². The van der Waals surface area contributed by atoms with Crippen LogP contribution in [0.5, 0.6) is 0 Å². The number of hydrogen-bond donors (Lipinski definition) is 1. The number of amides is 2. The number of aryl methyl sites for hydroxylation is 1. The Labute approximate surface area is 218 Å². The molecule has 1 atom stereocenters. The van der Waals surface area contributed by atoms with Crippen LogP contribution >= 0.6 is 11.6 Å². The fourth-order valence-corrected chi connectivity index (χ4v) is 4.64. The molecular weight excluding hydrogens is 470 g/mol. The van der Waals surface area contributed by atoms with E-state index in [-0.39, 0.29) is 17.9 Å². The van der Waals surface area contributed by atoms with Crippen molar-refractivity contribution in [2.75, 3.05) is 26.2 Å². The maximum Gasteiger partial charge on any atom is 0.246 e. The minimum atomic E-state index is -0.271. The van der Waals surface area contributed by atoms with Crippen LogP contribution in [0.1, 0.15) is 34.7 Å². The van der Waals surface area contributed by atoms with E-state index in [4.69, 9.17) is 11.6 Å². The van der Waals surface area contributed by atoms with E-state index in [0.717, 1.165) is 25.1 Å². The molecule has 186 valence electrons. The molecule has 1 saturated heterocycles. The summed E-state index contributed by atoms with van der Waals surface area (Å²) >= 11 is 6.14. The molecule has 1 unspecified atom stereocenters. The zero-order valence-corrected chi connectivity index (χ0v) is 21.3. The number of nitrogens with one attached hydrogen (secondary N) is 1. The van der Waals surface area contributed by atoms with Crippen molar-refractivity contribution in [1.29, 1.82) is 0 Å². The fourth-order valence-electron chi connectivity index (χ4n) is 4.52. The van der Waals surface area contributed by atoms with Crippen molar-refractivity contribution < 1.29 is 9.59 Å². The number of carbonyl (C=O) groups excluding carboxylic acids is 2. The first kappa shape index (κ1) is 25.7. The van der Waals surface area contributed by atoms with Crippen molar-refractivity contribution in [2.24, 2.45) is 0 Å². The molecule has 36 heavy (non-hydrogen) atoms. The highest BCUT2D eigenvalue weighted by Crippen LogP contribution is 2.30. The van der Waals surface area contributed by atoms with Gasteiger partial charge >= 0.3 is 0 Å². The monoisotopic (exact) mass is 501 g/mol. The van der Waals surface area contributed by atoms with Gasteiger partial charge in [0.2, 0.25) is 11.8 Å². The van der Waals surface area contributed by atoms with Gasteiger partial charge in [-0.05, 0) is 42.2 Å². The third kappa shape index (κ3) is 7.06. The maximum atomic E-state index is 12.8. The van der Waals surface area contributed by atoms with Crippen molar-refractivity contribution in [3.63, 3.8) is 0 Å². The lowest BCUT2D eigenvalue weighted by atomic mass is 9.97. The quantitative estimate of drug-likeness (QED) is 0.456. The summed E-state index contributed by atoms with van der Waals surface area (Å²) in [5, 5.41) is 3.55. The Hall–Kier alpha value is -3.41. The largest absolute Gasteiger partial charge is 0.348 e. The van der Waals surface area contributed by atoms with Crippen LogP contribution in [-0.4, -0.2) is 47.8 Å². The molecule has 1 fully saturated rings. The van der Waals surface area contributed by atoms with E-state index in [1.54, 1.807) is 0 Å². The molecule has 3 aromatic carbocycles. The Kier molecular flexibility index (Phi) is 8.93. The Balaban J connectivity index is 1.36. The molecule has 6 heteroatoms. The molecule has 0 aromatic heterocycles. The topological polar surface area (TPSA) is 52.7 Å². The van der Waals surface area contributed by atoms with E-state index in [2.05, 4.69) is 46.6 Å². The summed E-state index contributed by atoms with van der Waals surface area (Å²) in [5.41, 5.74) is 4.59. The van der Waals surface area contributed by atoms with Gasteiger partial charge in [-0.2, -0.15) is 0 Å². The van der Waals surface area contributed by atoms with Crippen LogP contribution in [-0.2, 0) is 16.1 Å². The van der Waals surface area contributed by atoms with E-state index in [1.165, 1.54) is 28.8 Å². The predicted octanol–water partition coefficient (Wildman–Crippen LogP) is 5.14. The Morgan fingerprint density at radius 3 is 2.28 bits per heavy atom. The second-order valence-corrected chi connectivity index (χ2v) is 9.55. The third-order valence-electron chi connectivity index (χ3n) is 6.47. The van der Waals surface area contributed by atoms with Crippen LogP contribution in [0.25, 0.3) is 0 Å². The molecule has 1 N–H and O–H groups in total. The highest BCUT2D eigenvalue weighted by Gasteiger charge is 2.26. The van der Waals surface area contributed by atoms with Gasteiger partial charge in [0.25, 0.3) is 0 Å². The minimum Gasteiger partial charge on any atom is -0.348 e. The van der Waals surface area contributed by atoms with Gasteiger partial charge in [0.1, 0.15) is 0 Å². The standard InChI is InChI=1S/C30H32ClN3O2/c1-23-8-10-24(11-9-23)22-32-28(35)16-17-29(36)33-18-5-19-34(21-20-33)30(25-6-3-2-4-7-25)26-12-14-27(31)15-13-26/h2-4,6-17,30H,5,18-22H2,1H3,(H,32,35)/b17-16-. The van der Waals surface area contributed by atoms with Crippen molar-refractivity contribution in [3.8, 4) is 0 Å². The fraction of sp³-hybridized carbons (Fsp3) is 0.267. The second kappa shape index (κ2) is 12.5. The average Bonchev–Trinajstić information content (AvgIpc) is 3.15. The molecule has 5 nitrogen and oxygen atoms in total. The van der Waals surface area contributed by atoms with Crippen molar-refractivity contribution in [3.05, 3.63) is 118 Å². The molecule has 1 heterocycles. The van der Waals surface area contributed by atoms with Crippen LogP contribution < -0.4 is 5.32 Å². The maximum absolute atomic E-state index is 12.8. The minimum absolute atomic E-state index is 0.0848. The first-order valence-corrected chi connectivity index (χ1v) is 12.7. The highest BCUT2D eigenvalue weighted by atomic mass is 35.5. The number of hydrogen-bond acceptors (Lipinski definition) is 3. The zero-order chi connectivity index (χ0) is 25.3. The highest BCUT2D eigenvalue weighted by molar-refractivity contribution is 6.30. The zero-order valence-electron chi connectivity index (χ0n) is 20.6. The van der Waals surface area contributed by atoms with Crippen LogP contribution in [0.15, 0.2) is 91.0 Å². The number of nitrogens with zero attached hydrogens (tertiary/aromatic N) is 2. The first-order chi connectivity index (χ1) is 17.5. The lowest BCUT2D eigenvalue weighted by Crippen LogP contribution is -2.36. The number of rotatable bonds is 7. The molecule has 3 aromatic rings. The molecule has 0 bridgehead atoms. The normalized spacial score (nSPS) is 15.4. The van der Waals surface area contributed by atoms with Gasteiger partial charge in [-0.1, -0.05) is 83.9 Å². The summed E-state index contributed by atoms with van der Waals surface area (Å²) in [6.45, 7) is 5.33. The predicted molar refractivity (Wildman–Crippen MR) is 145 cm³/mol. The lowest BCUT2D eigenvalue weighted by molar-refractivity contribution is -0.126. The average molecular weight is 502 g/mol. The Morgan fingerprint density at radius 1 is 0.861 bits per heavy atom. The molecule has 1 aliphatic heterocycles. The Bertz CT molecular complexity index is 1180. The van der Waals surface area contributed by atoms with Crippen molar-refractivity contribution in [1.82, 2.24) is 15.1 Å². The third-order valence-corrected chi connectivity index (χ3v) is 6.72. The van der Waals surface area contributed by atoms with Gasteiger partial charge in [0, 0.05) is 49.9 Å². The number of halogens is 1. The molecule has 1 aliphatic rings. The smallest absolute Gasteiger partial charge is 0.246 e. The Morgan fingerprint density at radius 2 is 1.56 bits per heavy atom. The van der Waals surface area contributed by atoms with E-state index in [1.807, 2.05) is 54.3 Å². The summed E-state index contributed by atoms with van der Waals surface area (Å²) in [6, 6.07) is 26.5. The number of carbonyl (C=O) groups is 2. The van der Waals surface area contributed by atoms with Gasteiger partial charge in [-0.15, -0.1) is 0 Å². The van der Waals surface area contributed by atoms with E-state index in [0.29, 0.717) is 24.7 Å². The van der Waals surface area contributed by atoms with E-state index < -0.39 is 0 Å². The van der Waals surface area contributed by atoms with Gasteiger partial charge in [-0.25, -0.2) is 0 Å². The molecule has 0 saturated carbocycles. The van der Waals surface area contributed by atoms with E-state index >= 15 is 0 Å².